The van der Waals surface area contributed by atoms with E-state index < -0.39 is 5.82 Å². The summed E-state index contributed by atoms with van der Waals surface area (Å²) in [4.78, 5) is 11.0. The van der Waals surface area contributed by atoms with Gasteiger partial charge in [0.2, 0.25) is 5.91 Å². The highest BCUT2D eigenvalue weighted by molar-refractivity contribution is 5.75. The van der Waals surface area contributed by atoms with Gasteiger partial charge >= 0.3 is 0 Å². The van der Waals surface area contributed by atoms with Gasteiger partial charge in [-0.1, -0.05) is 6.07 Å². The maximum atomic E-state index is 13.8. The molecule has 1 rings (SSSR count). The summed E-state index contributed by atoms with van der Waals surface area (Å²) < 4.78 is 19.1. The molecule has 1 amide bonds. The van der Waals surface area contributed by atoms with E-state index in [4.69, 9.17) is 4.74 Å². The molecule has 1 aromatic carbocycles. The molecule has 0 bridgehead atoms. The average molecular weight is 282 g/mol. The highest BCUT2D eigenvalue weighted by Crippen LogP contribution is 2.19. The van der Waals surface area contributed by atoms with Gasteiger partial charge in [0, 0.05) is 19.1 Å². The molecule has 0 saturated carbocycles. The minimum atomic E-state index is -0.407. The van der Waals surface area contributed by atoms with Crippen molar-refractivity contribution >= 4 is 5.91 Å². The van der Waals surface area contributed by atoms with E-state index in [1.54, 1.807) is 13.1 Å². The molecule has 0 aliphatic heterocycles. The van der Waals surface area contributed by atoms with Gasteiger partial charge in [-0.15, -0.1) is 0 Å². The number of rotatable bonds is 6. The van der Waals surface area contributed by atoms with Crippen LogP contribution in [0.15, 0.2) is 18.2 Å². The van der Waals surface area contributed by atoms with Gasteiger partial charge in [0.15, 0.2) is 11.6 Å². The predicted molar refractivity (Wildman–Crippen MR) is 77.2 cm³/mol. The fourth-order valence-corrected chi connectivity index (χ4v) is 1.52. The first-order valence-electron chi connectivity index (χ1n) is 6.68. The van der Waals surface area contributed by atoms with Crippen LogP contribution in [0.4, 0.5) is 4.39 Å². The Balaban J connectivity index is 2.53. The van der Waals surface area contributed by atoms with Gasteiger partial charge in [0.1, 0.15) is 0 Å². The lowest BCUT2D eigenvalue weighted by Gasteiger charge is -2.20. The van der Waals surface area contributed by atoms with E-state index in [0.29, 0.717) is 6.54 Å². The van der Waals surface area contributed by atoms with Crippen LogP contribution in [0.3, 0.4) is 0 Å². The average Bonchev–Trinajstić information content (AvgIpc) is 2.37. The SMILES string of the molecule is CNC(=O)CCOc1ccc(CNC(C)(C)C)cc1F. The van der Waals surface area contributed by atoms with E-state index in [2.05, 4.69) is 31.4 Å². The lowest BCUT2D eigenvalue weighted by Crippen LogP contribution is -2.35. The lowest BCUT2D eigenvalue weighted by molar-refractivity contribution is -0.121. The van der Waals surface area contributed by atoms with E-state index in [0.717, 1.165) is 5.56 Å². The van der Waals surface area contributed by atoms with Crippen molar-refractivity contribution in [3.8, 4) is 5.75 Å². The molecule has 0 spiro atoms. The molecule has 0 radical (unpaired) electrons. The van der Waals surface area contributed by atoms with Crippen molar-refractivity contribution < 1.29 is 13.9 Å². The van der Waals surface area contributed by atoms with E-state index in [9.17, 15) is 9.18 Å². The number of carbonyl (C=O) groups is 1. The van der Waals surface area contributed by atoms with Gasteiger partial charge < -0.3 is 15.4 Å². The van der Waals surface area contributed by atoms with Gasteiger partial charge in [-0.05, 0) is 38.5 Å². The first kappa shape index (κ1) is 16.4. The van der Waals surface area contributed by atoms with E-state index in [1.165, 1.54) is 6.07 Å². The normalized spacial score (nSPS) is 11.2. The summed E-state index contributed by atoms with van der Waals surface area (Å²) in [6.07, 6.45) is 0.212. The minimum Gasteiger partial charge on any atom is -0.490 e. The number of halogens is 1. The third-order valence-corrected chi connectivity index (χ3v) is 2.68. The fourth-order valence-electron chi connectivity index (χ4n) is 1.52. The first-order chi connectivity index (χ1) is 9.31. The number of nitrogens with one attached hydrogen (secondary N) is 2. The number of carbonyl (C=O) groups excluding carboxylic acids is 1. The van der Waals surface area contributed by atoms with Crippen LogP contribution >= 0.6 is 0 Å². The summed E-state index contributed by atoms with van der Waals surface area (Å²) in [6, 6.07) is 4.86. The van der Waals surface area contributed by atoms with Gasteiger partial charge in [-0.3, -0.25) is 4.79 Å². The zero-order valence-corrected chi connectivity index (χ0v) is 12.5. The quantitative estimate of drug-likeness (QED) is 0.841. The van der Waals surface area contributed by atoms with Crippen molar-refractivity contribution in [1.82, 2.24) is 10.6 Å². The Morgan fingerprint density at radius 2 is 2.05 bits per heavy atom. The van der Waals surface area contributed by atoms with Crippen LogP contribution in [0, 0.1) is 5.82 Å². The molecule has 0 saturated heterocycles. The highest BCUT2D eigenvalue weighted by atomic mass is 19.1. The predicted octanol–water partition coefficient (Wildman–Crippen LogP) is 2.23. The van der Waals surface area contributed by atoms with Crippen molar-refractivity contribution in [3.05, 3.63) is 29.6 Å². The number of ether oxygens (including phenoxy) is 1. The molecule has 0 aromatic heterocycles. The van der Waals surface area contributed by atoms with E-state index in [-0.39, 0.29) is 30.2 Å². The maximum absolute atomic E-state index is 13.8. The van der Waals surface area contributed by atoms with E-state index >= 15 is 0 Å². The van der Waals surface area contributed by atoms with Crippen LogP contribution in [0.5, 0.6) is 5.75 Å². The number of hydrogen-bond acceptors (Lipinski definition) is 3. The molecule has 1 aromatic rings. The third-order valence-electron chi connectivity index (χ3n) is 2.68. The third kappa shape index (κ3) is 6.02. The monoisotopic (exact) mass is 282 g/mol. The summed E-state index contributed by atoms with van der Waals surface area (Å²) in [5.74, 6) is -0.361. The molecule has 4 nitrogen and oxygen atoms in total. The number of amides is 1. The number of benzene rings is 1. The van der Waals surface area contributed by atoms with Crippen LogP contribution in [0.2, 0.25) is 0 Å². The molecule has 5 heteroatoms. The van der Waals surface area contributed by atoms with Crippen molar-refractivity contribution in [1.29, 1.82) is 0 Å². The summed E-state index contributed by atoms with van der Waals surface area (Å²) in [7, 11) is 1.56. The second-order valence-electron chi connectivity index (χ2n) is 5.64. The summed E-state index contributed by atoms with van der Waals surface area (Å²) in [6.45, 7) is 6.92. The smallest absolute Gasteiger partial charge is 0.223 e. The molecule has 20 heavy (non-hydrogen) atoms. The highest BCUT2D eigenvalue weighted by Gasteiger charge is 2.10. The Bertz CT molecular complexity index is 456. The van der Waals surface area contributed by atoms with Crippen molar-refractivity contribution in [2.24, 2.45) is 0 Å². The van der Waals surface area contributed by atoms with Crippen LogP contribution in [-0.4, -0.2) is 25.1 Å². The molecular weight excluding hydrogens is 259 g/mol. The van der Waals surface area contributed by atoms with Gasteiger partial charge in [-0.2, -0.15) is 0 Å². The Kier molecular flexibility index (Phi) is 5.95. The molecule has 0 aliphatic carbocycles. The topological polar surface area (TPSA) is 50.4 Å². The Hall–Kier alpha value is -1.62. The van der Waals surface area contributed by atoms with Crippen LogP contribution in [0.25, 0.3) is 0 Å². The largest absolute Gasteiger partial charge is 0.490 e. The summed E-state index contributed by atoms with van der Waals surface area (Å²) in [5.41, 5.74) is 0.843. The number of hydrogen-bond donors (Lipinski definition) is 2. The van der Waals surface area contributed by atoms with E-state index in [1.807, 2.05) is 6.07 Å². The van der Waals surface area contributed by atoms with Crippen molar-refractivity contribution in [2.45, 2.75) is 39.3 Å². The van der Waals surface area contributed by atoms with Gasteiger partial charge in [-0.25, -0.2) is 4.39 Å². The Morgan fingerprint density at radius 1 is 1.35 bits per heavy atom. The molecule has 0 fully saturated rings. The molecule has 0 unspecified atom stereocenters. The summed E-state index contributed by atoms with van der Waals surface area (Å²) >= 11 is 0. The van der Waals surface area contributed by atoms with Crippen molar-refractivity contribution in [2.75, 3.05) is 13.7 Å². The Morgan fingerprint density at radius 3 is 2.60 bits per heavy atom. The lowest BCUT2D eigenvalue weighted by atomic mass is 10.1. The van der Waals surface area contributed by atoms with Crippen LogP contribution in [0.1, 0.15) is 32.8 Å². The first-order valence-corrected chi connectivity index (χ1v) is 6.68. The zero-order valence-electron chi connectivity index (χ0n) is 12.5. The summed E-state index contributed by atoms with van der Waals surface area (Å²) in [5, 5.41) is 5.77. The molecule has 112 valence electrons. The minimum absolute atomic E-state index is 0.0147. The second kappa shape index (κ2) is 7.24. The van der Waals surface area contributed by atoms with Crippen LogP contribution < -0.4 is 15.4 Å². The second-order valence-corrected chi connectivity index (χ2v) is 5.64. The molecular formula is C15H23FN2O2. The molecule has 0 aliphatic rings. The molecule has 2 N–H and O–H groups in total. The fraction of sp³-hybridized carbons (Fsp3) is 0.533. The molecule has 0 heterocycles. The van der Waals surface area contributed by atoms with Gasteiger partial charge in [0.25, 0.3) is 0 Å². The maximum Gasteiger partial charge on any atom is 0.223 e. The Labute approximate surface area is 119 Å². The standard InChI is InChI=1S/C15H23FN2O2/c1-15(2,3)18-10-11-5-6-13(12(16)9-11)20-8-7-14(19)17-4/h5-6,9,18H,7-8,10H2,1-4H3,(H,17,19). The zero-order chi connectivity index (χ0) is 15.2. The molecule has 0 atom stereocenters. The van der Waals surface area contributed by atoms with Crippen LogP contribution in [-0.2, 0) is 11.3 Å². The van der Waals surface area contributed by atoms with Gasteiger partial charge in [0.05, 0.1) is 13.0 Å². The van der Waals surface area contributed by atoms with Crippen molar-refractivity contribution in [3.63, 3.8) is 0 Å².